The lowest BCUT2D eigenvalue weighted by Crippen LogP contribution is -2.57. The van der Waals surface area contributed by atoms with Crippen molar-refractivity contribution in [1.82, 2.24) is 10.2 Å². The number of piperazine rings is 1. The van der Waals surface area contributed by atoms with Crippen LogP contribution in [-0.2, 0) is 6.42 Å². The Morgan fingerprint density at radius 3 is 2.85 bits per heavy atom. The first-order valence-corrected chi connectivity index (χ1v) is 8.03. The summed E-state index contributed by atoms with van der Waals surface area (Å²) in [7, 11) is 0. The van der Waals surface area contributed by atoms with Crippen molar-refractivity contribution < 1.29 is 0 Å². The smallest absolute Gasteiger partial charge is 0.0265 e. The minimum atomic E-state index is 0.554. The van der Waals surface area contributed by atoms with E-state index in [0.717, 1.165) is 26.1 Å². The molecule has 2 rings (SSSR count). The topological polar surface area (TPSA) is 15.3 Å². The maximum Gasteiger partial charge on any atom is 0.0265 e. The standard InChI is InChI=1S/C17H25ClN2/c1-2-7-16-14-20(11-6-10-18)17(13-19-16)12-15-8-4-3-5-9-15/h3-6,8-10,16-17,19H,2,7,11-14H2,1H3/b10-6+. The van der Waals surface area contributed by atoms with Gasteiger partial charge in [-0.3, -0.25) is 4.90 Å². The molecule has 0 spiro atoms. The molecule has 0 amide bonds. The van der Waals surface area contributed by atoms with Gasteiger partial charge in [-0.05, 0) is 18.4 Å². The average Bonchev–Trinajstić information content (AvgIpc) is 2.48. The van der Waals surface area contributed by atoms with Crippen LogP contribution < -0.4 is 5.32 Å². The van der Waals surface area contributed by atoms with Crippen molar-refractivity contribution in [3.8, 4) is 0 Å². The molecule has 1 fully saturated rings. The van der Waals surface area contributed by atoms with Gasteiger partial charge in [0, 0.05) is 37.3 Å². The van der Waals surface area contributed by atoms with Gasteiger partial charge in [-0.25, -0.2) is 0 Å². The summed E-state index contributed by atoms with van der Waals surface area (Å²) in [6.45, 7) is 5.38. The van der Waals surface area contributed by atoms with Crippen LogP contribution in [0, 0.1) is 0 Å². The number of halogens is 1. The second-order valence-corrected chi connectivity index (χ2v) is 5.80. The van der Waals surface area contributed by atoms with Crippen LogP contribution in [0.4, 0.5) is 0 Å². The molecule has 1 aliphatic heterocycles. The lowest BCUT2D eigenvalue weighted by atomic mass is 9.99. The Morgan fingerprint density at radius 2 is 2.15 bits per heavy atom. The largest absolute Gasteiger partial charge is 0.311 e. The maximum atomic E-state index is 5.70. The van der Waals surface area contributed by atoms with Crippen molar-refractivity contribution in [3.63, 3.8) is 0 Å². The van der Waals surface area contributed by atoms with Gasteiger partial charge in [0.05, 0.1) is 0 Å². The molecular formula is C17H25ClN2. The van der Waals surface area contributed by atoms with Gasteiger partial charge in [0.15, 0.2) is 0 Å². The monoisotopic (exact) mass is 292 g/mol. The van der Waals surface area contributed by atoms with Crippen LogP contribution in [0.5, 0.6) is 0 Å². The van der Waals surface area contributed by atoms with Crippen molar-refractivity contribution in [3.05, 3.63) is 47.5 Å². The Bertz CT molecular complexity index is 405. The predicted molar refractivity (Wildman–Crippen MR) is 87.2 cm³/mol. The molecule has 1 aliphatic rings. The van der Waals surface area contributed by atoms with Gasteiger partial charge >= 0.3 is 0 Å². The number of benzene rings is 1. The number of nitrogens with one attached hydrogen (secondary N) is 1. The highest BCUT2D eigenvalue weighted by atomic mass is 35.5. The van der Waals surface area contributed by atoms with Crippen molar-refractivity contribution in [1.29, 1.82) is 0 Å². The van der Waals surface area contributed by atoms with Crippen molar-refractivity contribution in [2.24, 2.45) is 0 Å². The molecule has 1 saturated heterocycles. The van der Waals surface area contributed by atoms with E-state index >= 15 is 0 Å². The first-order valence-electron chi connectivity index (χ1n) is 7.60. The minimum absolute atomic E-state index is 0.554. The molecule has 0 radical (unpaired) electrons. The van der Waals surface area contributed by atoms with E-state index in [9.17, 15) is 0 Å². The molecule has 1 aromatic carbocycles. The van der Waals surface area contributed by atoms with E-state index in [2.05, 4.69) is 47.5 Å². The van der Waals surface area contributed by atoms with E-state index in [1.165, 1.54) is 18.4 Å². The Hall–Kier alpha value is -0.830. The van der Waals surface area contributed by atoms with E-state index in [-0.39, 0.29) is 0 Å². The zero-order valence-electron chi connectivity index (χ0n) is 12.3. The van der Waals surface area contributed by atoms with Gasteiger partial charge < -0.3 is 5.32 Å². The summed E-state index contributed by atoms with van der Waals surface area (Å²) in [5, 5.41) is 3.70. The molecule has 0 aliphatic carbocycles. The fourth-order valence-electron chi connectivity index (χ4n) is 2.96. The van der Waals surface area contributed by atoms with E-state index in [0.29, 0.717) is 12.1 Å². The van der Waals surface area contributed by atoms with Gasteiger partial charge in [0.25, 0.3) is 0 Å². The predicted octanol–water partition coefficient (Wildman–Crippen LogP) is 3.42. The summed E-state index contributed by atoms with van der Waals surface area (Å²) >= 11 is 5.70. The Balaban J connectivity index is 1.98. The second kappa shape index (κ2) is 8.46. The molecule has 1 heterocycles. The van der Waals surface area contributed by atoms with Crippen LogP contribution in [0.1, 0.15) is 25.3 Å². The number of nitrogens with zero attached hydrogens (tertiary/aromatic N) is 1. The molecular weight excluding hydrogens is 268 g/mol. The molecule has 110 valence electrons. The van der Waals surface area contributed by atoms with Gasteiger partial charge in [0.2, 0.25) is 0 Å². The van der Waals surface area contributed by atoms with Crippen LogP contribution >= 0.6 is 11.6 Å². The van der Waals surface area contributed by atoms with Crippen LogP contribution in [0.25, 0.3) is 0 Å². The summed E-state index contributed by atoms with van der Waals surface area (Å²) in [6.07, 6.45) is 5.63. The molecule has 0 aromatic heterocycles. The quantitative estimate of drug-likeness (QED) is 0.864. The number of hydrogen-bond donors (Lipinski definition) is 1. The van der Waals surface area contributed by atoms with Gasteiger partial charge in [-0.1, -0.05) is 61.4 Å². The van der Waals surface area contributed by atoms with Crippen molar-refractivity contribution in [2.45, 2.75) is 38.3 Å². The lowest BCUT2D eigenvalue weighted by Gasteiger charge is -2.40. The number of hydrogen-bond acceptors (Lipinski definition) is 2. The Kier molecular flexibility index (Phi) is 6.58. The summed E-state index contributed by atoms with van der Waals surface area (Å²) < 4.78 is 0. The summed E-state index contributed by atoms with van der Waals surface area (Å²) in [6, 6.07) is 11.9. The molecule has 2 atom stereocenters. The summed E-state index contributed by atoms with van der Waals surface area (Å²) in [5.74, 6) is 0. The second-order valence-electron chi connectivity index (χ2n) is 5.55. The average molecular weight is 293 g/mol. The van der Waals surface area contributed by atoms with E-state index in [1.54, 1.807) is 5.54 Å². The third-order valence-corrected chi connectivity index (χ3v) is 4.17. The highest BCUT2D eigenvalue weighted by molar-refractivity contribution is 6.25. The normalized spacial score (nSPS) is 24.3. The van der Waals surface area contributed by atoms with E-state index < -0.39 is 0 Å². The van der Waals surface area contributed by atoms with Gasteiger partial charge in [-0.15, -0.1) is 0 Å². The number of rotatable bonds is 6. The molecule has 0 bridgehead atoms. The molecule has 1 N–H and O–H groups in total. The molecule has 3 heteroatoms. The van der Waals surface area contributed by atoms with Crippen LogP contribution in [0.2, 0.25) is 0 Å². The van der Waals surface area contributed by atoms with Crippen LogP contribution in [-0.4, -0.2) is 36.6 Å². The fraction of sp³-hybridized carbons (Fsp3) is 0.529. The van der Waals surface area contributed by atoms with E-state index in [4.69, 9.17) is 11.6 Å². The highest BCUT2D eigenvalue weighted by Gasteiger charge is 2.26. The van der Waals surface area contributed by atoms with Crippen molar-refractivity contribution >= 4 is 11.6 Å². The van der Waals surface area contributed by atoms with Crippen molar-refractivity contribution in [2.75, 3.05) is 19.6 Å². The molecule has 2 nitrogen and oxygen atoms in total. The maximum absolute atomic E-state index is 5.70. The Labute approximate surface area is 127 Å². The third kappa shape index (κ3) is 4.62. The SMILES string of the molecule is CCCC1CN(C/C=C/Cl)C(Cc2ccccc2)CN1. The Morgan fingerprint density at radius 1 is 1.35 bits per heavy atom. The molecule has 0 saturated carbocycles. The van der Waals surface area contributed by atoms with Gasteiger partial charge in [-0.2, -0.15) is 0 Å². The summed E-state index contributed by atoms with van der Waals surface area (Å²) in [4.78, 5) is 2.56. The van der Waals surface area contributed by atoms with Crippen LogP contribution in [0.15, 0.2) is 41.9 Å². The first kappa shape index (κ1) is 15.6. The summed E-state index contributed by atoms with van der Waals surface area (Å²) in [5.41, 5.74) is 3.05. The zero-order valence-corrected chi connectivity index (χ0v) is 13.0. The highest BCUT2D eigenvalue weighted by Crippen LogP contribution is 2.15. The minimum Gasteiger partial charge on any atom is -0.311 e. The molecule has 1 aromatic rings. The third-order valence-electron chi connectivity index (χ3n) is 3.99. The molecule has 2 unspecified atom stereocenters. The van der Waals surface area contributed by atoms with Gasteiger partial charge in [0.1, 0.15) is 0 Å². The van der Waals surface area contributed by atoms with Crippen LogP contribution in [0.3, 0.4) is 0 Å². The fourth-order valence-corrected chi connectivity index (χ4v) is 3.04. The lowest BCUT2D eigenvalue weighted by molar-refractivity contribution is 0.140. The molecule has 20 heavy (non-hydrogen) atoms. The zero-order chi connectivity index (χ0) is 14.2. The first-order chi connectivity index (χ1) is 9.83. The van der Waals surface area contributed by atoms with E-state index in [1.807, 2.05) is 6.08 Å².